The summed E-state index contributed by atoms with van der Waals surface area (Å²) in [5.74, 6) is -0.104. The van der Waals surface area contributed by atoms with Gasteiger partial charge in [-0.3, -0.25) is 4.79 Å². The normalized spacial score (nSPS) is 19.3. The van der Waals surface area contributed by atoms with Crippen LogP contribution in [0.2, 0.25) is 10.0 Å². The zero-order valence-corrected chi connectivity index (χ0v) is 11.9. The van der Waals surface area contributed by atoms with Crippen LogP contribution < -0.4 is 0 Å². The fraction of sp³-hybridized carbons (Fsp3) is 0.357. The molecule has 5 heteroatoms. The zero-order chi connectivity index (χ0) is 13.8. The molecule has 3 nitrogen and oxygen atoms in total. The maximum absolute atomic E-state index is 12.0. The van der Waals surface area contributed by atoms with E-state index in [9.17, 15) is 9.90 Å². The molecule has 0 spiro atoms. The predicted molar refractivity (Wildman–Crippen MR) is 77.3 cm³/mol. The second-order valence-electron chi connectivity index (χ2n) is 4.51. The molecule has 1 aliphatic heterocycles. The monoisotopic (exact) mass is 299 g/mol. The molecular formula is C14H15Cl2NO2. The van der Waals surface area contributed by atoms with E-state index >= 15 is 0 Å². The van der Waals surface area contributed by atoms with Gasteiger partial charge in [0.1, 0.15) is 0 Å². The molecule has 1 N–H and O–H groups in total. The van der Waals surface area contributed by atoms with Crippen molar-refractivity contribution in [3.05, 3.63) is 39.9 Å². The van der Waals surface area contributed by atoms with Crippen molar-refractivity contribution in [1.29, 1.82) is 0 Å². The molecule has 102 valence electrons. The predicted octanol–water partition coefficient (Wildman–Crippen LogP) is 2.99. The minimum atomic E-state index is -0.104. The van der Waals surface area contributed by atoms with E-state index in [4.69, 9.17) is 23.2 Å². The number of benzene rings is 1. The smallest absolute Gasteiger partial charge is 0.246 e. The number of aliphatic hydroxyl groups is 1. The summed E-state index contributed by atoms with van der Waals surface area (Å²) in [5.41, 5.74) is 0.710. The largest absolute Gasteiger partial charge is 0.394 e. The number of rotatable bonds is 3. The number of hydrogen-bond donors (Lipinski definition) is 1. The summed E-state index contributed by atoms with van der Waals surface area (Å²) in [6.45, 7) is 0.704. The van der Waals surface area contributed by atoms with Gasteiger partial charge in [0.25, 0.3) is 0 Å². The van der Waals surface area contributed by atoms with Gasteiger partial charge in [0, 0.05) is 22.7 Å². The van der Waals surface area contributed by atoms with Gasteiger partial charge in [-0.1, -0.05) is 23.2 Å². The molecule has 0 aliphatic carbocycles. The molecule has 0 bridgehead atoms. The standard InChI is InChI=1S/C14H15Cl2NO2/c15-11-4-5-13(16)10(8-11)3-6-14(19)17-7-1-2-12(17)9-18/h3-6,8,12,18H,1-2,7,9H2. The molecule has 1 fully saturated rings. The van der Waals surface area contributed by atoms with Gasteiger partial charge in [-0.2, -0.15) is 0 Å². The number of halogens is 2. The van der Waals surface area contributed by atoms with Gasteiger partial charge in [0.05, 0.1) is 12.6 Å². The summed E-state index contributed by atoms with van der Waals surface area (Å²) < 4.78 is 0. The summed E-state index contributed by atoms with van der Waals surface area (Å²) >= 11 is 11.9. The summed E-state index contributed by atoms with van der Waals surface area (Å²) in [6, 6.07) is 5.04. The Kier molecular flexibility index (Phi) is 4.86. The molecule has 2 rings (SSSR count). The third kappa shape index (κ3) is 3.50. The SMILES string of the molecule is O=C(C=Cc1cc(Cl)ccc1Cl)N1CCCC1CO. The van der Waals surface area contributed by atoms with Crippen LogP contribution in [0.5, 0.6) is 0 Å². The maximum atomic E-state index is 12.0. The summed E-state index contributed by atoms with van der Waals surface area (Å²) in [6.07, 6.45) is 4.92. The van der Waals surface area contributed by atoms with Gasteiger partial charge < -0.3 is 10.0 Å². The van der Waals surface area contributed by atoms with Crippen molar-refractivity contribution in [2.45, 2.75) is 18.9 Å². The third-order valence-electron chi connectivity index (χ3n) is 3.23. The highest BCUT2D eigenvalue weighted by Crippen LogP contribution is 2.22. The molecule has 1 aromatic rings. The second-order valence-corrected chi connectivity index (χ2v) is 5.35. The Bertz CT molecular complexity index is 502. The lowest BCUT2D eigenvalue weighted by Gasteiger charge is -2.21. The zero-order valence-electron chi connectivity index (χ0n) is 10.4. The van der Waals surface area contributed by atoms with Crippen LogP contribution in [-0.2, 0) is 4.79 Å². The number of amides is 1. The Hall–Kier alpha value is -1.03. The van der Waals surface area contributed by atoms with Crippen LogP contribution >= 0.6 is 23.2 Å². The third-order valence-corrected chi connectivity index (χ3v) is 3.81. The molecule has 0 aromatic heterocycles. The molecule has 0 radical (unpaired) electrons. The van der Waals surface area contributed by atoms with E-state index in [1.54, 1.807) is 29.2 Å². The number of carbonyl (C=O) groups excluding carboxylic acids is 1. The van der Waals surface area contributed by atoms with E-state index in [2.05, 4.69) is 0 Å². The van der Waals surface area contributed by atoms with Crippen molar-refractivity contribution in [1.82, 2.24) is 4.90 Å². The van der Waals surface area contributed by atoms with Crippen molar-refractivity contribution in [3.8, 4) is 0 Å². The number of hydrogen-bond acceptors (Lipinski definition) is 2. The van der Waals surface area contributed by atoms with Crippen molar-refractivity contribution in [2.75, 3.05) is 13.2 Å². The molecule has 1 unspecified atom stereocenters. The van der Waals surface area contributed by atoms with Gasteiger partial charge in [-0.05, 0) is 42.7 Å². The number of aliphatic hydroxyl groups excluding tert-OH is 1. The molecule has 0 saturated carbocycles. The first-order valence-electron chi connectivity index (χ1n) is 6.16. The van der Waals surface area contributed by atoms with E-state index in [1.807, 2.05) is 0 Å². The van der Waals surface area contributed by atoms with Crippen LogP contribution in [0.3, 0.4) is 0 Å². The topological polar surface area (TPSA) is 40.5 Å². The van der Waals surface area contributed by atoms with Crippen LogP contribution in [0.25, 0.3) is 6.08 Å². The Balaban J connectivity index is 2.09. The van der Waals surface area contributed by atoms with Gasteiger partial charge in [-0.25, -0.2) is 0 Å². The Morgan fingerprint density at radius 3 is 3.00 bits per heavy atom. The quantitative estimate of drug-likeness (QED) is 0.872. The lowest BCUT2D eigenvalue weighted by atomic mass is 10.2. The summed E-state index contributed by atoms with van der Waals surface area (Å²) in [5, 5.41) is 10.3. The van der Waals surface area contributed by atoms with E-state index in [0.29, 0.717) is 22.2 Å². The summed E-state index contributed by atoms with van der Waals surface area (Å²) in [4.78, 5) is 13.7. The van der Waals surface area contributed by atoms with E-state index in [1.165, 1.54) is 6.08 Å². The van der Waals surface area contributed by atoms with Crippen LogP contribution in [0.4, 0.5) is 0 Å². The lowest BCUT2D eigenvalue weighted by molar-refractivity contribution is -0.127. The molecule has 1 heterocycles. The average Bonchev–Trinajstić information content (AvgIpc) is 2.88. The molecule has 1 aromatic carbocycles. The Morgan fingerprint density at radius 2 is 2.26 bits per heavy atom. The first kappa shape index (κ1) is 14.4. The highest BCUT2D eigenvalue weighted by Gasteiger charge is 2.26. The first-order chi connectivity index (χ1) is 9.11. The fourth-order valence-corrected chi connectivity index (χ4v) is 2.58. The van der Waals surface area contributed by atoms with E-state index < -0.39 is 0 Å². The van der Waals surface area contributed by atoms with Gasteiger partial charge in [0.15, 0.2) is 0 Å². The minimum absolute atomic E-state index is 0.0114. The van der Waals surface area contributed by atoms with Gasteiger partial charge in [-0.15, -0.1) is 0 Å². The highest BCUT2D eigenvalue weighted by molar-refractivity contribution is 6.34. The minimum Gasteiger partial charge on any atom is -0.394 e. The first-order valence-corrected chi connectivity index (χ1v) is 6.92. The Morgan fingerprint density at radius 1 is 1.47 bits per heavy atom. The number of likely N-dealkylation sites (tertiary alicyclic amines) is 1. The second kappa shape index (κ2) is 6.42. The van der Waals surface area contributed by atoms with Crippen LogP contribution in [0.1, 0.15) is 18.4 Å². The van der Waals surface area contributed by atoms with Crippen LogP contribution in [-0.4, -0.2) is 35.1 Å². The average molecular weight is 300 g/mol. The van der Waals surface area contributed by atoms with Crippen molar-refractivity contribution in [2.24, 2.45) is 0 Å². The van der Waals surface area contributed by atoms with E-state index in [0.717, 1.165) is 12.8 Å². The molecule has 1 saturated heterocycles. The van der Waals surface area contributed by atoms with Crippen molar-refractivity contribution < 1.29 is 9.90 Å². The summed E-state index contributed by atoms with van der Waals surface area (Å²) in [7, 11) is 0. The number of nitrogens with zero attached hydrogens (tertiary/aromatic N) is 1. The molecule has 1 atom stereocenters. The van der Waals surface area contributed by atoms with Crippen LogP contribution in [0.15, 0.2) is 24.3 Å². The van der Waals surface area contributed by atoms with Gasteiger partial charge in [0.2, 0.25) is 5.91 Å². The lowest BCUT2D eigenvalue weighted by Crippen LogP contribution is -2.36. The molecular weight excluding hydrogens is 285 g/mol. The van der Waals surface area contributed by atoms with Crippen molar-refractivity contribution >= 4 is 35.2 Å². The van der Waals surface area contributed by atoms with Gasteiger partial charge >= 0.3 is 0 Å². The maximum Gasteiger partial charge on any atom is 0.246 e. The molecule has 19 heavy (non-hydrogen) atoms. The fourth-order valence-electron chi connectivity index (χ4n) is 2.21. The van der Waals surface area contributed by atoms with Crippen molar-refractivity contribution in [3.63, 3.8) is 0 Å². The number of carbonyl (C=O) groups is 1. The highest BCUT2D eigenvalue weighted by atomic mass is 35.5. The van der Waals surface area contributed by atoms with E-state index in [-0.39, 0.29) is 18.6 Å². The molecule has 1 aliphatic rings. The molecule has 1 amide bonds. The van der Waals surface area contributed by atoms with Crippen LogP contribution in [0, 0.1) is 0 Å². The Labute approximate surface area is 122 Å².